The van der Waals surface area contributed by atoms with Crippen LogP contribution < -0.4 is 5.32 Å². The van der Waals surface area contributed by atoms with E-state index in [2.05, 4.69) is 43.5 Å². The molecule has 330 valence electrons. The number of rotatable bonds is 39. The van der Waals surface area contributed by atoms with Gasteiger partial charge in [-0.15, -0.1) is 0 Å². The SMILES string of the molecule is CCCCC/C=C\C/C=C\CCCCCCCCCC(=O)NC(COC1OC(CO)C(O)C(O)C1O)C(O)CCCCCCCCCCCCCCCCCC. The van der Waals surface area contributed by atoms with Gasteiger partial charge in [0.2, 0.25) is 5.91 Å². The summed E-state index contributed by atoms with van der Waals surface area (Å²) in [5, 5.41) is 54.4. The van der Waals surface area contributed by atoms with Crippen molar-refractivity contribution in [1.82, 2.24) is 5.32 Å². The van der Waals surface area contributed by atoms with Crippen molar-refractivity contribution in [2.45, 2.75) is 256 Å². The van der Waals surface area contributed by atoms with Gasteiger partial charge in [-0.05, 0) is 44.9 Å². The fourth-order valence-corrected chi connectivity index (χ4v) is 7.48. The highest BCUT2D eigenvalue weighted by Gasteiger charge is 2.44. The number of nitrogens with one attached hydrogen (secondary N) is 1. The van der Waals surface area contributed by atoms with Crippen molar-refractivity contribution < 1.29 is 39.8 Å². The Hall–Kier alpha value is -1.33. The second-order valence-electron chi connectivity index (χ2n) is 16.6. The van der Waals surface area contributed by atoms with E-state index in [0.717, 1.165) is 51.4 Å². The summed E-state index contributed by atoms with van der Waals surface area (Å²) in [5.74, 6) is -0.152. The van der Waals surface area contributed by atoms with Gasteiger partial charge in [0.05, 0.1) is 25.4 Å². The fraction of sp³-hybridized carbons (Fsp3) is 0.894. The molecule has 1 heterocycles. The fourth-order valence-electron chi connectivity index (χ4n) is 7.48. The molecular formula is C47H89NO8. The molecule has 1 rings (SSSR count). The van der Waals surface area contributed by atoms with Gasteiger partial charge in [-0.2, -0.15) is 0 Å². The van der Waals surface area contributed by atoms with Gasteiger partial charge in [0.1, 0.15) is 24.4 Å². The third-order valence-corrected chi connectivity index (χ3v) is 11.3. The van der Waals surface area contributed by atoms with Gasteiger partial charge in [0, 0.05) is 6.42 Å². The zero-order valence-electron chi connectivity index (χ0n) is 36.1. The number of aliphatic hydroxyl groups is 5. The Morgan fingerprint density at radius 3 is 1.57 bits per heavy atom. The number of carbonyl (C=O) groups excluding carboxylic acids is 1. The predicted molar refractivity (Wildman–Crippen MR) is 230 cm³/mol. The van der Waals surface area contributed by atoms with Gasteiger partial charge in [0.15, 0.2) is 6.29 Å². The van der Waals surface area contributed by atoms with E-state index in [-0.39, 0.29) is 12.5 Å². The van der Waals surface area contributed by atoms with Crippen LogP contribution in [-0.2, 0) is 14.3 Å². The summed E-state index contributed by atoms with van der Waals surface area (Å²) < 4.78 is 11.3. The second kappa shape index (κ2) is 37.9. The average molecular weight is 796 g/mol. The molecule has 1 fully saturated rings. The Balaban J connectivity index is 2.33. The van der Waals surface area contributed by atoms with Crippen molar-refractivity contribution in [3.05, 3.63) is 24.3 Å². The molecule has 0 radical (unpaired) electrons. The van der Waals surface area contributed by atoms with E-state index in [1.165, 1.54) is 135 Å². The first-order valence-electron chi connectivity index (χ1n) is 23.5. The third kappa shape index (κ3) is 28.2. The lowest BCUT2D eigenvalue weighted by molar-refractivity contribution is -0.302. The molecule has 0 aromatic carbocycles. The zero-order chi connectivity index (χ0) is 40.9. The van der Waals surface area contributed by atoms with Crippen LogP contribution in [0.15, 0.2) is 24.3 Å². The van der Waals surface area contributed by atoms with E-state index in [9.17, 15) is 30.3 Å². The van der Waals surface area contributed by atoms with E-state index in [1.807, 2.05) is 0 Å². The summed E-state index contributed by atoms with van der Waals surface area (Å²) in [5.41, 5.74) is 0. The van der Waals surface area contributed by atoms with E-state index >= 15 is 0 Å². The van der Waals surface area contributed by atoms with E-state index < -0.39 is 49.5 Å². The quantitative estimate of drug-likeness (QED) is 0.0266. The minimum Gasteiger partial charge on any atom is -0.394 e. The van der Waals surface area contributed by atoms with Crippen LogP contribution in [0.5, 0.6) is 0 Å². The zero-order valence-corrected chi connectivity index (χ0v) is 36.1. The van der Waals surface area contributed by atoms with Gasteiger partial charge < -0.3 is 40.3 Å². The summed E-state index contributed by atoms with van der Waals surface area (Å²) in [4.78, 5) is 13.0. The molecule has 0 aromatic rings. The molecule has 9 nitrogen and oxygen atoms in total. The molecule has 0 aliphatic carbocycles. The summed E-state index contributed by atoms with van der Waals surface area (Å²) in [7, 11) is 0. The molecule has 6 N–H and O–H groups in total. The maximum absolute atomic E-state index is 13.0. The first kappa shape index (κ1) is 52.7. The lowest BCUT2D eigenvalue weighted by atomic mass is 9.99. The number of unbranched alkanes of at least 4 members (excludes halogenated alkanes) is 25. The number of amides is 1. The lowest BCUT2D eigenvalue weighted by Gasteiger charge is -2.40. The van der Waals surface area contributed by atoms with Gasteiger partial charge in [-0.1, -0.05) is 186 Å². The Bertz CT molecular complexity index is 930. The van der Waals surface area contributed by atoms with Crippen LogP contribution in [-0.4, -0.2) is 87.5 Å². The maximum atomic E-state index is 13.0. The first-order chi connectivity index (χ1) is 27.3. The number of aliphatic hydroxyl groups excluding tert-OH is 5. The first-order valence-corrected chi connectivity index (χ1v) is 23.5. The highest BCUT2D eigenvalue weighted by Crippen LogP contribution is 2.23. The minimum atomic E-state index is -1.55. The van der Waals surface area contributed by atoms with Gasteiger partial charge in [-0.25, -0.2) is 0 Å². The molecule has 1 saturated heterocycles. The topological polar surface area (TPSA) is 149 Å². The molecule has 1 aliphatic rings. The van der Waals surface area contributed by atoms with E-state index in [0.29, 0.717) is 12.8 Å². The summed E-state index contributed by atoms with van der Waals surface area (Å²) in [6.07, 6.45) is 37.5. The second-order valence-corrected chi connectivity index (χ2v) is 16.6. The number of carbonyl (C=O) groups is 1. The molecule has 0 aromatic heterocycles. The summed E-state index contributed by atoms with van der Waals surface area (Å²) in [6, 6.07) is -0.720. The smallest absolute Gasteiger partial charge is 0.220 e. The van der Waals surface area contributed by atoms with E-state index in [4.69, 9.17) is 9.47 Å². The Morgan fingerprint density at radius 2 is 1.05 bits per heavy atom. The molecule has 9 heteroatoms. The molecule has 0 saturated carbocycles. The highest BCUT2D eigenvalue weighted by molar-refractivity contribution is 5.76. The third-order valence-electron chi connectivity index (χ3n) is 11.3. The Labute approximate surface area is 343 Å². The number of ether oxygens (including phenoxy) is 2. The normalized spacial score (nSPS) is 21.3. The van der Waals surface area contributed by atoms with Crippen molar-refractivity contribution in [2.75, 3.05) is 13.2 Å². The van der Waals surface area contributed by atoms with Crippen LogP contribution in [0.1, 0.15) is 213 Å². The van der Waals surface area contributed by atoms with Crippen molar-refractivity contribution >= 4 is 5.91 Å². The van der Waals surface area contributed by atoms with Crippen LogP contribution in [0.4, 0.5) is 0 Å². The van der Waals surface area contributed by atoms with Gasteiger partial charge in [0.25, 0.3) is 0 Å². The highest BCUT2D eigenvalue weighted by atomic mass is 16.7. The molecular weight excluding hydrogens is 707 g/mol. The van der Waals surface area contributed by atoms with Gasteiger partial charge >= 0.3 is 0 Å². The van der Waals surface area contributed by atoms with Crippen molar-refractivity contribution in [1.29, 1.82) is 0 Å². The molecule has 56 heavy (non-hydrogen) atoms. The molecule has 1 aliphatic heterocycles. The van der Waals surface area contributed by atoms with Crippen LogP contribution in [0.2, 0.25) is 0 Å². The standard InChI is InChI=1S/C47H89NO8/c1-3-5-7-9-11-13-15-17-19-21-23-25-27-29-31-33-35-37-43(51)48-40(39-55-47-46(54)45(53)44(52)42(38-49)56-47)41(50)36-34-32-30-28-26-24-22-20-18-16-14-12-10-8-6-4-2/h11,13,17,19,40-42,44-47,49-50,52-54H,3-10,12,14-16,18,20-39H2,1-2H3,(H,48,51)/b13-11-,19-17-. The van der Waals surface area contributed by atoms with Crippen molar-refractivity contribution in [3.63, 3.8) is 0 Å². The number of hydrogen-bond acceptors (Lipinski definition) is 8. The largest absolute Gasteiger partial charge is 0.394 e. The van der Waals surface area contributed by atoms with Crippen LogP contribution >= 0.6 is 0 Å². The summed E-state index contributed by atoms with van der Waals surface area (Å²) >= 11 is 0. The number of allylic oxidation sites excluding steroid dienone is 4. The van der Waals surface area contributed by atoms with Crippen LogP contribution in [0.3, 0.4) is 0 Å². The lowest BCUT2D eigenvalue weighted by Crippen LogP contribution is -2.60. The monoisotopic (exact) mass is 796 g/mol. The predicted octanol–water partition coefficient (Wildman–Crippen LogP) is 9.89. The molecule has 0 bridgehead atoms. The molecule has 0 spiro atoms. The van der Waals surface area contributed by atoms with E-state index in [1.54, 1.807) is 0 Å². The molecule has 1 amide bonds. The van der Waals surface area contributed by atoms with Crippen molar-refractivity contribution in [2.24, 2.45) is 0 Å². The number of hydrogen-bond donors (Lipinski definition) is 6. The maximum Gasteiger partial charge on any atom is 0.220 e. The Kier molecular flexibility index (Phi) is 35.7. The van der Waals surface area contributed by atoms with Crippen LogP contribution in [0, 0.1) is 0 Å². The minimum absolute atomic E-state index is 0.139. The van der Waals surface area contributed by atoms with Gasteiger partial charge in [-0.3, -0.25) is 4.79 Å². The van der Waals surface area contributed by atoms with Crippen molar-refractivity contribution in [3.8, 4) is 0 Å². The van der Waals surface area contributed by atoms with Crippen LogP contribution in [0.25, 0.3) is 0 Å². The summed E-state index contributed by atoms with van der Waals surface area (Å²) in [6.45, 7) is 3.81. The molecule has 7 atom stereocenters. The Morgan fingerprint density at radius 1 is 0.607 bits per heavy atom. The molecule has 7 unspecified atom stereocenters. The average Bonchev–Trinajstić information content (AvgIpc) is 3.20.